The fourth-order valence-corrected chi connectivity index (χ4v) is 6.53. The zero-order valence-electron chi connectivity index (χ0n) is 26.2. The second kappa shape index (κ2) is 16.0. The Labute approximate surface area is 290 Å². The molecule has 10 nitrogen and oxygen atoms in total. The van der Waals surface area contributed by atoms with Gasteiger partial charge in [0.25, 0.3) is 23.6 Å². The van der Waals surface area contributed by atoms with Crippen molar-refractivity contribution in [3.05, 3.63) is 125 Å². The van der Waals surface area contributed by atoms with Gasteiger partial charge in [-0.15, -0.1) is 12.4 Å². The molecule has 2 saturated heterocycles. The number of carbonyl (C=O) groups excluding carboxylic acids is 4. The highest BCUT2D eigenvalue weighted by molar-refractivity contribution is 6.30. The van der Waals surface area contributed by atoms with Crippen LogP contribution in [-0.4, -0.2) is 81.7 Å². The number of hydrogen-bond donors (Lipinski definition) is 1. The molecule has 4 aliphatic heterocycles. The predicted molar refractivity (Wildman–Crippen MR) is 186 cm³/mol. The molecular weight excluding hydrogens is 651 g/mol. The van der Waals surface area contributed by atoms with Crippen LogP contribution in [0.4, 0.5) is 5.69 Å². The molecule has 0 aliphatic carbocycles. The first-order valence-electron chi connectivity index (χ1n) is 15.8. The number of nitrogens with one attached hydrogen (secondary N) is 1. The number of fused-ring (bicyclic) bond motifs is 2. The Bertz CT molecular complexity index is 1680. The van der Waals surface area contributed by atoms with Crippen LogP contribution in [-0.2, 0) is 0 Å². The summed E-state index contributed by atoms with van der Waals surface area (Å²) in [6.45, 7) is 3.42. The summed E-state index contributed by atoms with van der Waals surface area (Å²) >= 11 is 5.50. The van der Waals surface area contributed by atoms with Crippen molar-refractivity contribution in [3.8, 4) is 0 Å². The van der Waals surface area contributed by atoms with Crippen LogP contribution in [0.5, 0.6) is 0 Å². The number of hydrogen-bond acceptors (Lipinski definition) is 8. The average Bonchev–Trinajstić information content (AvgIpc) is 3.54. The molecule has 4 amide bonds. The van der Waals surface area contributed by atoms with E-state index in [9.17, 15) is 19.2 Å². The van der Waals surface area contributed by atoms with Crippen molar-refractivity contribution in [2.75, 3.05) is 31.1 Å². The lowest BCUT2D eigenvalue weighted by Gasteiger charge is -2.36. The molecule has 6 heterocycles. The Morgan fingerprint density at radius 3 is 1.31 bits per heavy atom. The fraction of sp³-hybridized carbons (Fsp3) is 0.278. The molecule has 4 aromatic rings. The molecule has 0 spiro atoms. The van der Waals surface area contributed by atoms with Gasteiger partial charge >= 0.3 is 0 Å². The number of halogens is 2. The van der Waals surface area contributed by atoms with E-state index < -0.39 is 0 Å². The summed E-state index contributed by atoms with van der Waals surface area (Å²) in [5, 5.41) is 3.97. The summed E-state index contributed by atoms with van der Waals surface area (Å²) in [7, 11) is 0. The maximum absolute atomic E-state index is 12.5. The number of imide groups is 2. The highest BCUT2D eigenvalue weighted by atomic mass is 35.5. The summed E-state index contributed by atoms with van der Waals surface area (Å²) in [6.07, 6.45) is 10.2. The third kappa shape index (κ3) is 7.41. The van der Waals surface area contributed by atoms with E-state index in [1.165, 1.54) is 9.80 Å². The molecule has 2 aromatic carbocycles. The Kier molecular flexibility index (Phi) is 11.5. The first kappa shape index (κ1) is 34.7. The highest BCUT2D eigenvalue weighted by Gasteiger charge is 2.41. The van der Waals surface area contributed by atoms with Gasteiger partial charge in [0.2, 0.25) is 0 Å². The topological polar surface area (TPSA) is 116 Å². The molecule has 4 aliphatic rings. The smallest absolute Gasteiger partial charge is 0.261 e. The lowest BCUT2D eigenvalue weighted by atomic mass is 10.0. The quantitative estimate of drug-likeness (QED) is 0.280. The van der Waals surface area contributed by atoms with E-state index in [4.69, 9.17) is 11.6 Å². The van der Waals surface area contributed by atoms with Crippen LogP contribution in [0.2, 0.25) is 5.02 Å². The first-order valence-corrected chi connectivity index (χ1v) is 16.2. The van der Waals surface area contributed by atoms with Gasteiger partial charge in [0.15, 0.2) is 0 Å². The zero-order valence-corrected chi connectivity index (χ0v) is 27.8. The number of rotatable bonds is 3. The van der Waals surface area contributed by atoms with E-state index in [1.54, 1.807) is 85.5 Å². The monoisotopic (exact) mass is 686 g/mol. The van der Waals surface area contributed by atoms with Crippen molar-refractivity contribution in [3.63, 3.8) is 0 Å². The minimum Gasteiger partial charge on any atom is -0.371 e. The number of pyridine rings is 2. The molecule has 0 unspecified atom stereocenters. The van der Waals surface area contributed by atoms with E-state index in [0.29, 0.717) is 22.3 Å². The average molecular weight is 688 g/mol. The summed E-state index contributed by atoms with van der Waals surface area (Å²) in [5.41, 5.74) is 3.32. The molecular formula is C36H36Cl2N6O4. The fourth-order valence-electron chi connectivity index (χ4n) is 6.41. The van der Waals surface area contributed by atoms with E-state index in [2.05, 4.69) is 20.2 Å². The number of anilines is 1. The third-order valence-corrected chi connectivity index (χ3v) is 9.07. The van der Waals surface area contributed by atoms with Gasteiger partial charge in [-0.05, 0) is 87.3 Å². The van der Waals surface area contributed by atoms with Gasteiger partial charge in [0.1, 0.15) is 0 Å². The Morgan fingerprint density at radius 1 is 0.562 bits per heavy atom. The number of amides is 4. The Morgan fingerprint density at radius 2 is 0.938 bits per heavy atom. The van der Waals surface area contributed by atoms with Crippen LogP contribution in [0, 0.1) is 0 Å². The van der Waals surface area contributed by atoms with Gasteiger partial charge in [-0.25, -0.2) is 0 Å². The van der Waals surface area contributed by atoms with E-state index in [0.717, 1.165) is 62.6 Å². The number of nitrogens with zero attached hydrogens (tertiary/aromatic N) is 5. The molecule has 0 atom stereocenters. The van der Waals surface area contributed by atoms with Crippen molar-refractivity contribution in [2.45, 2.75) is 37.8 Å². The highest BCUT2D eigenvalue weighted by Crippen LogP contribution is 2.30. The van der Waals surface area contributed by atoms with Gasteiger partial charge in [-0.1, -0.05) is 35.9 Å². The number of piperidine rings is 2. The van der Waals surface area contributed by atoms with Crippen LogP contribution in [0.15, 0.2) is 97.6 Å². The SMILES string of the molecule is Cl.Clc1ccncc1.O=C1c2ccccc2C(=O)N1C1CCN(c2ccncc2)CC1.O=C1c2ccccc2C(=O)N1C1CCNCC1. The van der Waals surface area contributed by atoms with Gasteiger partial charge in [0.05, 0.1) is 22.3 Å². The van der Waals surface area contributed by atoms with Crippen LogP contribution in [0.1, 0.15) is 67.1 Å². The van der Waals surface area contributed by atoms with Crippen LogP contribution < -0.4 is 10.2 Å². The maximum atomic E-state index is 12.5. The van der Waals surface area contributed by atoms with Crippen LogP contribution in [0.25, 0.3) is 0 Å². The lowest BCUT2D eigenvalue weighted by Crippen LogP contribution is -2.47. The Hall–Kier alpha value is -4.64. The van der Waals surface area contributed by atoms with Gasteiger partial charge in [-0.3, -0.25) is 38.9 Å². The molecule has 2 fully saturated rings. The summed E-state index contributed by atoms with van der Waals surface area (Å²) in [4.78, 5) is 62.5. The second-order valence-corrected chi connectivity index (χ2v) is 12.1. The van der Waals surface area contributed by atoms with Crippen molar-refractivity contribution in [1.29, 1.82) is 0 Å². The number of benzene rings is 2. The van der Waals surface area contributed by atoms with E-state index in [1.807, 2.05) is 12.1 Å². The summed E-state index contributed by atoms with van der Waals surface area (Å²) < 4.78 is 0. The minimum absolute atomic E-state index is 0. The molecule has 0 saturated carbocycles. The number of aromatic nitrogens is 2. The molecule has 0 radical (unpaired) electrons. The zero-order chi connectivity index (χ0) is 32.8. The standard InChI is InChI=1S/C18H17N3O2.C13H14N2O2.C5H4ClN.ClH/c22-17-15-3-1-2-4-16(15)18(23)21(17)14-7-11-20(12-8-14)13-5-9-19-10-6-13;16-12-10-3-1-2-4-11(10)13(17)15(12)9-5-7-14-8-6-9;6-5-1-3-7-4-2-5;/h1-6,9-10,14H,7-8,11-12H2;1-4,9,14H,5-8H2;1-4H;1H. The molecule has 8 rings (SSSR count). The normalized spacial score (nSPS) is 17.5. The van der Waals surface area contributed by atoms with Gasteiger partial charge < -0.3 is 10.2 Å². The minimum atomic E-state index is -0.145. The molecule has 0 bridgehead atoms. The van der Waals surface area contributed by atoms with Crippen LogP contribution in [0.3, 0.4) is 0 Å². The van der Waals surface area contributed by atoms with Crippen LogP contribution >= 0.6 is 24.0 Å². The molecule has 12 heteroatoms. The van der Waals surface area contributed by atoms with Crippen molar-refractivity contribution >= 4 is 53.3 Å². The summed E-state index contributed by atoms with van der Waals surface area (Å²) in [6, 6.07) is 21.7. The second-order valence-electron chi connectivity index (χ2n) is 11.6. The number of carbonyl (C=O) groups is 4. The molecule has 2 aromatic heterocycles. The van der Waals surface area contributed by atoms with E-state index >= 15 is 0 Å². The van der Waals surface area contributed by atoms with Crippen molar-refractivity contribution in [1.82, 2.24) is 25.1 Å². The summed E-state index contributed by atoms with van der Waals surface area (Å²) in [5.74, 6) is -0.545. The lowest BCUT2D eigenvalue weighted by molar-refractivity contribution is 0.0542. The Balaban J connectivity index is 0.000000158. The van der Waals surface area contributed by atoms with Gasteiger partial charge in [0, 0.05) is 60.7 Å². The van der Waals surface area contributed by atoms with Gasteiger partial charge in [-0.2, -0.15) is 0 Å². The maximum Gasteiger partial charge on any atom is 0.261 e. The third-order valence-electron chi connectivity index (χ3n) is 8.82. The largest absolute Gasteiger partial charge is 0.371 e. The molecule has 1 N–H and O–H groups in total. The molecule has 48 heavy (non-hydrogen) atoms. The first-order chi connectivity index (χ1) is 22.9. The van der Waals surface area contributed by atoms with E-state index in [-0.39, 0.29) is 48.1 Å². The predicted octanol–water partition coefficient (Wildman–Crippen LogP) is 5.54. The molecule has 248 valence electrons. The van der Waals surface area contributed by atoms with Crippen molar-refractivity contribution in [2.24, 2.45) is 0 Å². The van der Waals surface area contributed by atoms with Crippen molar-refractivity contribution < 1.29 is 19.2 Å².